The molecule has 0 saturated heterocycles. The summed E-state index contributed by atoms with van der Waals surface area (Å²) < 4.78 is 5.77. The molecular formula is C18H30O2. The molecule has 0 saturated carbocycles. The minimum Gasteiger partial charge on any atom is -0.494 e. The molecule has 1 aromatic rings. The van der Waals surface area contributed by atoms with Gasteiger partial charge in [-0.15, -0.1) is 0 Å². The van der Waals surface area contributed by atoms with Crippen molar-refractivity contribution in [2.45, 2.75) is 65.4 Å². The molecule has 0 bridgehead atoms. The van der Waals surface area contributed by atoms with Crippen molar-refractivity contribution in [2.24, 2.45) is 5.92 Å². The number of aliphatic hydroxyl groups is 1. The van der Waals surface area contributed by atoms with Gasteiger partial charge in [0.2, 0.25) is 0 Å². The zero-order chi connectivity index (χ0) is 15.0. The van der Waals surface area contributed by atoms with E-state index in [2.05, 4.69) is 38.1 Å². The Kier molecular flexibility index (Phi) is 7.08. The van der Waals surface area contributed by atoms with E-state index in [0.29, 0.717) is 5.92 Å². The van der Waals surface area contributed by atoms with Gasteiger partial charge in [-0.05, 0) is 56.7 Å². The third-order valence-electron chi connectivity index (χ3n) is 3.70. The monoisotopic (exact) mass is 278 g/mol. The second kappa shape index (κ2) is 8.31. The zero-order valence-electron chi connectivity index (χ0n) is 13.5. The Morgan fingerprint density at radius 2 is 1.80 bits per heavy atom. The Bertz CT molecular complexity index is 362. The van der Waals surface area contributed by atoms with Crippen LogP contribution in [0, 0.1) is 5.92 Å². The molecular weight excluding hydrogens is 248 g/mol. The van der Waals surface area contributed by atoms with Crippen molar-refractivity contribution < 1.29 is 9.84 Å². The van der Waals surface area contributed by atoms with E-state index in [9.17, 15) is 5.11 Å². The molecule has 1 unspecified atom stereocenters. The minimum absolute atomic E-state index is 0.531. The van der Waals surface area contributed by atoms with Crippen LogP contribution in [0.2, 0.25) is 0 Å². The first-order valence-corrected chi connectivity index (χ1v) is 7.85. The summed E-state index contributed by atoms with van der Waals surface area (Å²) in [6.07, 6.45) is 5.24. The van der Waals surface area contributed by atoms with Gasteiger partial charge in [0, 0.05) is 0 Å². The van der Waals surface area contributed by atoms with Crippen LogP contribution in [0.1, 0.15) is 58.9 Å². The van der Waals surface area contributed by atoms with Crippen molar-refractivity contribution in [2.75, 3.05) is 6.61 Å². The molecule has 0 aliphatic carbocycles. The summed E-state index contributed by atoms with van der Waals surface area (Å²) in [5, 5.41) is 9.67. The van der Waals surface area contributed by atoms with Gasteiger partial charge in [0.25, 0.3) is 0 Å². The Morgan fingerprint density at radius 3 is 2.35 bits per heavy atom. The molecule has 1 N–H and O–H groups in total. The SMILES string of the molecule is CCc1ccc(OCCC(C)CCCC(C)(C)O)cc1. The van der Waals surface area contributed by atoms with Gasteiger partial charge in [-0.1, -0.05) is 38.8 Å². The second-order valence-electron chi connectivity index (χ2n) is 6.44. The van der Waals surface area contributed by atoms with E-state index >= 15 is 0 Å². The zero-order valence-corrected chi connectivity index (χ0v) is 13.5. The molecule has 2 nitrogen and oxygen atoms in total. The van der Waals surface area contributed by atoms with Gasteiger partial charge in [-0.25, -0.2) is 0 Å². The maximum Gasteiger partial charge on any atom is 0.119 e. The fraction of sp³-hybridized carbons (Fsp3) is 0.667. The Hall–Kier alpha value is -1.02. The lowest BCUT2D eigenvalue weighted by Gasteiger charge is -2.18. The maximum atomic E-state index is 9.67. The van der Waals surface area contributed by atoms with Crippen LogP contribution in [0.5, 0.6) is 5.75 Å². The smallest absolute Gasteiger partial charge is 0.119 e. The van der Waals surface area contributed by atoms with E-state index in [1.807, 2.05) is 13.8 Å². The van der Waals surface area contributed by atoms with Crippen LogP contribution in [0.15, 0.2) is 24.3 Å². The number of hydrogen-bond acceptors (Lipinski definition) is 2. The lowest BCUT2D eigenvalue weighted by Crippen LogP contribution is -2.18. The summed E-state index contributed by atoms with van der Waals surface area (Å²) in [5.74, 6) is 1.61. The molecule has 2 heteroatoms. The van der Waals surface area contributed by atoms with E-state index in [-0.39, 0.29) is 0 Å². The van der Waals surface area contributed by atoms with Crippen molar-refractivity contribution in [3.8, 4) is 5.75 Å². The molecule has 0 spiro atoms. The predicted octanol–water partition coefficient (Wildman–Crippen LogP) is 4.60. The van der Waals surface area contributed by atoms with Crippen LogP contribution < -0.4 is 4.74 Å². The average molecular weight is 278 g/mol. The van der Waals surface area contributed by atoms with Crippen LogP contribution in [-0.4, -0.2) is 17.3 Å². The van der Waals surface area contributed by atoms with Crippen molar-refractivity contribution in [3.05, 3.63) is 29.8 Å². The molecule has 20 heavy (non-hydrogen) atoms. The lowest BCUT2D eigenvalue weighted by atomic mass is 9.95. The lowest BCUT2D eigenvalue weighted by molar-refractivity contribution is 0.0667. The van der Waals surface area contributed by atoms with Crippen molar-refractivity contribution in [1.82, 2.24) is 0 Å². The number of ether oxygens (including phenoxy) is 1. The topological polar surface area (TPSA) is 29.5 Å². The summed E-state index contributed by atoms with van der Waals surface area (Å²) in [7, 11) is 0. The second-order valence-corrected chi connectivity index (χ2v) is 6.44. The van der Waals surface area contributed by atoms with Crippen LogP contribution in [0.4, 0.5) is 0 Å². The molecule has 0 heterocycles. The van der Waals surface area contributed by atoms with Gasteiger partial charge in [0.15, 0.2) is 0 Å². The van der Waals surface area contributed by atoms with Crippen LogP contribution in [0.25, 0.3) is 0 Å². The molecule has 114 valence electrons. The molecule has 0 fully saturated rings. The highest BCUT2D eigenvalue weighted by atomic mass is 16.5. The molecule has 0 aliphatic rings. The van der Waals surface area contributed by atoms with E-state index in [1.54, 1.807) is 0 Å². The molecule has 1 atom stereocenters. The third-order valence-corrected chi connectivity index (χ3v) is 3.70. The third kappa shape index (κ3) is 7.54. The van der Waals surface area contributed by atoms with Gasteiger partial charge >= 0.3 is 0 Å². The molecule has 0 radical (unpaired) electrons. The number of hydrogen-bond donors (Lipinski definition) is 1. The van der Waals surface area contributed by atoms with E-state index in [0.717, 1.165) is 44.5 Å². The van der Waals surface area contributed by atoms with Gasteiger partial charge in [0.05, 0.1) is 12.2 Å². The standard InChI is InChI=1S/C18H30O2/c1-5-16-8-10-17(11-9-16)20-14-12-15(2)7-6-13-18(3,4)19/h8-11,15,19H,5-7,12-14H2,1-4H3. The number of benzene rings is 1. The normalized spacial score (nSPS) is 13.2. The first-order valence-electron chi connectivity index (χ1n) is 7.85. The minimum atomic E-state index is -0.531. The van der Waals surface area contributed by atoms with Gasteiger partial charge in [0.1, 0.15) is 5.75 Å². The Balaban J connectivity index is 2.16. The summed E-state index contributed by atoms with van der Waals surface area (Å²) in [6, 6.07) is 8.36. The molecule has 0 aliphatic heterocycles. The van der Waals surface area contributed by atoms with Crippen molar-refractivity contribution in [3.63, 3.8) is 0 Å². The first-order chi connectivity index (χ1) is 9.40. The largest absolute Gasteiger partial charge is 0.494 e. The molecule has 1 rings (SSSR count). The molecule has 0 aromatic heterocycles. The molecule has 1 aromatic carbocycles. The van der Waals surface area contributed by atoms with Gasteiger partial charge < -0.3 is 9.84 Å². The van der Waals surface area contributed by atoms with Gasteiger partial charge in [-0.2, -0.15) is 0 Å². The van der Waals surface area contributed by atoms with Crippen LogP contribution in [0.3, 0.4) is 0 Å². The summed E-state index contributed by atoms with van der Waals surface area (Å²) in [6.45, 7) is 8.94. The van der Waals surface area contributed by atoms with Gasteiger partial charge in [-0.3, -0.25) is 0 Å². The first kappa shape index (κ1) is 17.0. The fourth-order valence-electron chi connectivity index (χ4n) is 2.23. The quantitative estimate of drug-likeness (QED) is 0.715. The number of aryl methyl sites for hydroxylation is 1. The Morgan fingerprint density at radius 1 is 1.15 bits per heavy atom. The highest BCUT2D eigenvalue weighted by Crippen LogP contribution is 2.18. The van der Waals surface area contributed by atoms with Crippen LogP contribution in [-0.2, 0) is 6.42 Å². The number of rotatable bonds is 9. The van der Waals surface area contributed by atoms with Crippen molar-refractivity contribution in [1.29, 1.82) is 0 Å². The van der Waals surface area contributed by atoms with E-state index in [4.69, 9.17) is 4.74 Å². The van der Waals surface area contributed by atoms with Crippen molar-refractivity contribution >= 4 is 0 Å². The fourth-order valence-corrected chi connectivity index (χ4v) is 2.23. The highest BCUT2D eigenvalue weighted by molar-refractivity contribution is 5.27. The van der Waals surface area contributed by atoms with E-state index < -0.39 is 5.60 Å². The Labute approximate surface area is 124 Å². The van der Waals surface area contributed by atoms with Crippen LogP contribution >= 0.6 is 0 Å². The summed E-state index contributed by atoms with van der Waals surface area (Å²) in [4.78, 5) is 0. The highest BCUT2D eigenvalue weighted by Gasteiger charge is 2.12. The molecule has 0 amide bonds. The van der Waals surface area contributed by atoms with E-state index in [1.165, 1.54) is 5.56 Å². The summed E-state index contributed by atoms with van der Waals surface area (Å²) in [5.41, 5.74) is 0.814. The maximum absolute atomic E-state index is 9.67. The summed E-state index contributed by atoms with van der Waals surface area (Å²) >= 11 is 0. The predicted molar refractivity (Wildman–Crippen MR) is 85.2 cm³/mol. The average Bonchev–Trinajstić information content (AvgIpc) is 2.38.